The Morgan fingerprint density at radius 2 is 1.87 bits per heavy atom. The Morgan fingerprint density at radius 3 is 2.58 bits per heavy atom. The first-order chi connectivity index (χ1) is 14.7. The van der Waals surface area contributed by atoms with Crippen LogP contribution in [0.2, 0.25) is 0 Å². The minimum absolute atomic E-state index is 0.0239. The van der Waals surface area contributed by atoms with Crippen molar-refractivity contribution in [3.8, 4) is 11.1 Å². The smallest absolute Gasteiger partial charge is 0.418 e. The number of rotatable bonds is 4. The van der Waals surface area contributed by atoms with Gasteiger partial charge in [0, 0.05) is 33.7 Å². The number of hydrogen-bond acceptors (Lipinski definition) is 3. The maximum atomic E-state index is 13.6. The van der Waals surface area contributed by atoms with Gasteiger partial charge in [0.05, 0.1) is 17.7 Å². The summed E-state index contributed by atoms with van der Waals surface area (Å²) in [6.07, 6.45) is -3.11. The van der Waals surface area contributed by atoms with Gasteiger partial charge >= 0.3 is 12.1 Å². The number of esters is 1. The zero-order valence-corrected chi connectivity index (χ0v) is 17.4. The van der Waals surface area contributed by atoms with Crippen LogP contribution in [0.3, 0.4) is 0 Å². The van der Waals surface area contributed by atoms with Gasteiger partial charge in [0.25, 0.3) is 0 Å². The van der Waals surface area contributed by atoms with Crippen LogP contribution in [-0.4, -0.2) is 22.1 Å². The van der Waals surface area contributed by atoms with E-state index in [1.807, 2.05) is 36.6 Å². The molecule has 0 unspecified atom stereocenters. The zero-order valence-electron chi connectivity index (χ0n) is 17.4. The highest BCUT2D eigenvalue weighted by molar-refractivity contribution is 6.06. The van der Waals surface area contributed by atoms with Crippen LogP contribution in [-0.2, 0) is 22.3 Å². The number of aryl methyl sites for hydroxylation is 1. The van der Waals surface area contributed by atoms with Gasteiger partial charge < -0.3 is 9.30 Å². The second-order valence-corrected chi connectivity index (χ2v) is 7.43. The molecular formula is C24H21F3N2O2. The lowest BCUT2D eigenvalue weighted by Crippen LogP contribution is -2.14. The second kappa shape index (κ2) is 7.72. The third kappa shape index (κ3) is 3.65. The number of fused-ring (bicyclic) bond motifs is 2. The molecule has 0 aliphatic carbocycles. The van der Waals surface area contributed by atoms with E-state index < -0.39 is 11.7 Å². The Morgan fingerprint density at radius 1 is 1.10 bits per heavy atom. The molecule has 0 bridgehead atoms. The van der Waals surface area contributed by atoms with Crippen LogP contribution in [0.25, 0.3) is 32.9 Å². The molecule has 0 aliphatic rings. The van der Waals surface area contributed by atoms with Crippen LogP contribution in [0, 0.1) is 13.8 Å². The van der Waals surface area contributed by atoms with E-state index in [2.05, 4.69) is 4.98 Å². The standard InChI is InChI=1S/C24H21F3N2O2/c1-4-31-21(30)13-29-15(3)22(18-12-14(2)8-9-20(18)29)16-10-11-28-23-17(16)6-5-7-19(23)24(25,26)27/h5-12H,4,13H2,1-3H3. The monoisotopic (exact) mass is 426 g/mol. The molecule has 31 heavy (non-hydrogen) atoms. The molecule has 0 fully saturated rings. The summed E-state index contributed by atoms with van der Waals surface area (Å²) in [5, 5.41) is 1.28. The van der Waals surface area contributed by atoms with E-state index in [-0.39, 0.29) is 24.6 Å². The van der Waals surface area contributed by atoms with Crippen molar-refractivity contribution in [2.75, 3.05) is 6.61 Å². The van der Waals surface area contributed by atoms with Gasteiger partial charge in [-0.1, -0.05) is 23.8 Å². The van der Waals surface area contributed by atoms with Crippen molar-refractivity contribution in [1.82, 2.24) is 9.55 Å². The molecule has 4 rings (SSSR count). The van der Waals surface area contributed by atoms with Crippen molar-refractivity contribution in [3.63, 3.8) is 0 Å². The summed E-state index contributed by atoms with van der Waals surface area (Å²) in [6.45, 7) is 5.86. The van der Waals surface area contributed by atoms with Gasteiger partial charge in [-0.25, -0.2) is 0 Å². The highest BCUT2D eigenvalue weighted by Gasteiger charge is 2.33. The Balaban J connectivity index is 2.03. The number of carbonyl (C=O) groups is 1. The Labute approximate surface area is 177 Å². The number of carbonyl (C=O) groups excluding carboxylic acids is 1. The van der Waals surface area contributed by atoms with Crippen molar-refractivity contribution >= 4 is 27.8 Å². The number of para-hydroxylation sites is 1. The summed E-state index contributed by atoms with van der Waals surface area (Å²) < 4.78 is 47.7. The molecule has 0 N–H and O–H groups in total. The average molecular weight is 426 g/mol. The van der Waals surface area contributed by atoms with Crippen LogP contribution >= 0.6 is 0 Å². The molecule has 0 atom stereocenters. The molecule has 2 heterocycles. The van der Waals surface area contributed by atoms with Gasteiger partial charge in [-0.2, -0.15) is 13.2 Å². The fraction of sp³-hybridized carbons (Fsp3) is 0.250. The summed E-state index contributed by atoms with van der Waals surface area (Å²) in [5.41, 5.74) is 3.18. The third-order valence-corrected chi connectivity index (χ3v) is 5.42. The molecule has 2 aromatic carbocycles. The van der Waals surface area contributed by atoms with Crippen molar-refractivity contribution in [2.24, 2.45) is 0 Å². The van der Waals surface area contributed by atoms with Crippen LogP contribution < -0.4 is 0 Å². The summed E-state index contributed by atoms with van der Waals surface area (Å²) in [7, 11) is 0. The van der Waals surface area contributed by atoms with E-state index in [1.54, 1.807) is 19.1 Å². The van der Waals surface area contributed by atoms with Crippen LogP contribution in [0.15, 0.2) is 48.7 Å². The minimum Gasteiger partial charge on any atom is -0.465 e. The van der Waals surface area contributed by atoms with Crippen molar-refractivity contribution < 1.29 is 22.7 Å². The number of benzene rings is 2. The van der Waals surface area contributed by atoms with Crippen molar-refractivity contribution in [1.29, 1.82) is 0 Å². The molecule has 0 saturated heterocycles. The van der Waals surface area contributed by atoms with Gasteiger partial charge in [0.15, 0.2) is 0 Å². The highest BCUT2D eigenvalue weighted by atomic mass is 19.4. The van der Waals surface area contributed by atoms with E-state index in [0.29, 0.717) is 10.9 Å². The van der Waals surface area contributed by atoms with E-state index in [4.69, 9.17) is 4.74 Å². The van der Waals surface area contributed by atoms with Crippen LogP contribution in [0.5, 0.6) is 0 Å². The molecule has 2 aromatic heterocycles. The molecule has 7 heteroatoms. The molecule has 4 aromatic rings. The zero-order chi connectivity index (χ0) is 22.3. The normalized spacial score (nSPS) is 11.9. The average Bonchev–Trinajstić information content (AvgIpc) is 2.97. The first-order valence-corrected chi connectivity index (χ1v) is 9.92. The second-order valence-electron chi connectivity index (χ2n) is 7.43. The van der Waals surface area contributed by atoms with E-state index in [1.165, 1.54) is 12.3 Å². The van der Waals surface area contributed by atoms with Gasteiger partial charge in [-0.3, -0.25) is 9.78 Å². The predicted octanol–water partition coefficient (Wildman–Crippen LogP) is 6.06. The molecule has 0 aliphatic heterocycles. The molecule has 0 saturated carbocycles. The Bertz CT molecular complexity index is 1310. The quantitative estimate of drug-likeness (QED) is 0.373. The van der Waals surface area contributed by atoms with Gasteiger partial charge in [0.2, 0.25) is 0 Å². The summed E-state index contributed by atoms with van der Waals surface area (Å²) in [5.74, 6) is -0.367. The summed E-state index contributed by atoms with van der Waals surface area (Å²) in [6, 6.07) is 11.7. The number of nitrogens with zero attached hydrogens (tertiary/aromatic N) is 2. The third-order valence-electron chi connectivity index (χ3n) is 5.42. The molecule has 0 spiro atoms. The van der Waals surface area contributed by atoms with E-state index >= 15 is 0 Å². The molecular weight excluding hydrogens is 405 g/mol. The van der Waals surface area contributed by atoms with Crippen molar-refractivity contribution in [3.05, 3.63) is 65.5 Å². The van der Waals surface area contributed by atoms with Gasteiger partial charge in [0.1, 0.15) is 6.54 Å². The largest absolute Gasteiger partial charge is 0.465 e. The first-order valence-electron chi connectivity index (χ1n) is 9.92. The maximum absolute atomic E-state index is 13.6. The lowest BCUT2D eigenvalue weighted by Gasteiger charge is -2.13. The molecule has 0 amide bonds. The fourth-order valence-corrected chi connectivity index (χ4v) is 4.10. The van der Waals surface area contributed by atoms with E-state index in [0.717, 1.165) is 33.8 Å². The lowest BCUT2D eigenvalue weighted by atomic mass is 9.96. The topological polar surface area (TPSA) is 44.1 Å². The van der Waals surface area contributed by atoms with Crippen LogP contribution in [0.1, 0.15) is 23.7 Å². The Hall–Kier alpha value is -3.35. The number of halogens is 3. The lowest BCUT2D eigenvalue weighted by molar-refractivity contribution is -0.143. The van der Waals surface area contributed by atoms with Gasteiger partial charge in [-0.15, -0.1) is 0 Å². The number of ether oxygens (including phenoxy) is 1. The van der Waals surface area contributed by atoms with Crippen LogP contribution in [0.4, 0.5) is 13.2 Å². The molecule has 160 valence electrons. The SMILES string of the molecule is CCOC(=O)Cn1c(C)c(-c2ccnc3c(C(F)(F)F)cccc23)c2cc(C)ccc21. The number of alkyl halides is 3. The van der Waals surface area contributed by atoms with Crippen molar-refractivity contribution in [2.45, 2.75) is 33.5 Å². The summed E-state index contributed by atoms with van der Waals surface area (Å²) in [4.78, 5) is 16.3. The number of hydrogen-bond donors (Lipinski definition) is 0. The number of aromatic nitrogens is 2. The first kappa shape index (κ1) is 20.9. The highest BCUT2D eigenvalue weighted by Crippen LogP contribution is 2.41. The molecule has 4 nitrogen and oxygen atoms in total. The predicted molar refractivity (Wildman–Crippen MR) is 114 cm³/mol. The minimum atomic E-state index is -4.51. The Kier molecular flexibility index (Phi) is 5.21. The van der Waals surface area contributed by atoms with E-state index in [9.17, 15) is 18.0 Å². The molecule has 0 radical (unpaired) electrons. The fourth-order valence-electron chi connectivity index (χ4n) is 4.10. The maximum Gasteiger partial charge on any atom is 0.418 e. The van der Waals surface area contributed by atoms with Gasteiger partial charge in [-0.05, 0) is 50.6 Å². The summed E-state index contributed by atoms with van der Waals surface area (Å²) >= 11 is 0. The number of pyridine rings is 1.